The minimum Gasteiger partial charge on any atom is -0.352 e. The van der Waals surface area contributed by atoms with Crippen LogP contribution in [0.2, 0.25) is 5.02 Å². The van der Waals surface area contributed by atoms with Gasteiger partial charge >= 0.3 is 0 Å². The first-order chi connectivity index (χ1) is 11.0. The molecule has 1 aromatic heterocycles. The molecule has 0 bridgehead atoms. The molecular weight excluding hydrogens is 334 g/mol. The molecule has 0 radical (unpaired) electrons. The molecule has 1 saturated heterocycles. The summed E-state index contributed by atoms with van der Waals surface area (Å²) in [6.07, 6.45) is 0. The Labute approximate surface area is 143 Å². The number of halogens is 1. The van der Waals surface area contributed by atoms with Crippen molar-refractivity contribution in [3.05, 3.63) is 50.4 Å². The maximum absolute atomic E-state index is 12.9. The smallest absolute Gasteiger partial charge is 0.266 e. The highest BCUT2D eigenvalue weighted by molar-refractivity contribution is 7.13. The van der Waals surface area contributed by atoms with E-state index in [-0.39, 0.29) is 11.8 Å². The van der Waals surface area contributed by atoms with Gasteiger partial charge in [0.25, 0.3) is 5.91 Å². The first-order valence-electron chi connectivity index (χ1n) is 7.26. The number of thiazole rings is 1. The molecule has 2 amide bonds. The summed E-state index contributed by atoms with van der Waals surface area (Å²) in [6, 6.07) is 6.40. The summed E-state index contributed by atoms with van der Waals surface area (Å²) in [6.45, 7) is 4.55. The highest BCUT2D eigenvalue weighted by Gasteiger charge is 2.37. The average Bonchev–Trinajstić information content (AvgIpc) is 2.86. The van der Waals surface area contributed by atoms with E-state index >= 15 is 0 Å². The topological polar surface area (TPSA) is 62.3 Å². The Morgan fingerprint density at radius 3 is 2.78 bits per heavy atom. The fourth-order valence-electron chi connectivity index (χ4n) is 2.75. The lowest BCUT2D eigenvalue weighted by molar-refractivity contribution is -0.128. The molecule has 0 spiro atoms. The lowest BCUT2D eigenvalue weighted by Gasteiger charge is -2.35. The number of aromatic nitrogens is 1. The van der Waals surface area contributed by atoms with Crippen LogP contribution in [0.3, 0.4) is 0 Å². The minimum absolute atomic E-state index is 0.173. The number of nitrogens with zero attached hydrogens (tertiary/aromatic N) is 2. The number of benzene rings is 1. The van der Waals surface area contributed by atoms with Gasteiger partial charge in [0.1, 0.15) is 10.9 Å². The van der Waals surface area contributed by atoms with Gasteiger partial charge in [0.15, 0.2) is 0 Å². The summed E-state index contributed by atoms with van der Waals surface area (Å²) in [5.74, 6) is -0.385. The van der Waals surface area contributed by atoms with Gasteiger partial charge in [-0.05, 0) is 19.9 Å². The maximum atomic E-state index is 12.9. The zero-order chi connectivity index (χ0) is 16.6. The Balaban J connectivity index is 2.02. The van der Waals surface area contributed by atoms with Crippen LogP contribution in [-0.4, -0.2) is 34.8 Å². The fourth-order valence-corrected chi connectivity index (χ4v) is 3.87. The number of carbonyl (C=O) groups is 2. The first-order valence-corrected chi connectivity index (χ1v) is 8.45. The van der Waals surface area contributed by atoms with E-state index < -0.39 is 6.04 Å². The number of piperazine rings is 1. The van der Waals surface area contributed by atoms with Crippen LogP contribution in [0.1, 0.15) is 32.0 Å². The van der Waals surface area contributed by atoms with Crippen molar-refractivity contribution in [2.75, 3.05) is 13.1 Å². The summed E-state index contributed by atoms with van der Waals surface area (Å²) in [7, 11) is 0. The molecule has 1 aromatic carbocycles. The summed E-state index contributed by atoms with van der Waals surface area (Å²) in [5.41, 5.74) is 1.33. The number of hydrogen-bond acceptors (Lipinski definition) is 4. The van der Waals surface area contributed by atoms with Crippen molar-refractivity contribution in [3.8, 4) is 0 Å². The molecule has 1 aliphatic heterocycles. The van der Waals surface area contributed by atoms with Gasteiger partial charge in [-0.1, -0.05) is 29.8 Å². The van der Waals surface area contributed by atoms with Gasteiger partial charge < -0.3 is 10.2 Å². The van der Waals surface area contributed by atoms with Crippen LogP contribution in [-0.2, 0) is 4.79 Å². The maximum Gasteiger partial charge on any atom is 0.266 e. The minimum atomic E-state index is -0.716. The second-order valence-corrected chi connectivity index (χ2v) is 6.97. The van der Waals surface area contributed by atoms with Gasteiger partial charge in [0.05, 0.1) is 10.7 Å². The number of rotatable bonds is 2. The number of amides is 2. The van der Waals surface area contributed by atoms with Gasteiger partial charge in [0.2, 0.25) is 5.91 Å². The normalized spacial score (nSPS) is 18.0. The Hall–Kier alpha value is -1.92. The van der Waals surface area contributed by atoms with E-state index in [4.69, 9.17) is 11.6 Å². The Kier molecular flexibility index (Phi) is 4.37. The van der Waals surface area contributed by atoms with E-state index in [9.17, 15) is 9.59 Å². The van der Waals surface area contributed by atoms with Crippen molar-refractivity contribution in [3.63, 3.8) is 0 Å². The number of aryl methyl sites for hydroxylation is 2. The van der Waals surface area contributed by atoms with Gasteiger partial charge in [-0.2, -0.15) is 0 Å². The van der Waals surface area contributed by atoms with Gasteiger partial charge in [-0.3, -0.25) is 9.59 Å². The highest BCUT2D eigenvalue weighted by Crippen LogP contribution is 2.31. The van der Waals surface area contributed by atoms with Crippen LogP contribution in [0, 0.1) is 13.8 Å². The molecule has 1 fully saturated rings. The summed E-state index contributed by atoms with van der Waals surface area (Å²) in [4.78, 5) is 31.8. The Morgan fingerprint density at radius 2 is 2.13 bits per heavy atom. The quantitative estimate of drug-likeness (QED) is 0.906. The second-order valence-electron chi connectivity index (χ2n) is 5.36. The van der Waals surface area contributed by atoms with E-state index in [1.807, 2.05) is 19.9 Å². The van der Waals surface area contributed by atoms with Crippen LogP contribution < -0.4 is 5.32 Å². The van der Waals surface area contributed by atoms with Crippen LogP contribution in [0.4, 0.5) is 0 Å². The van der Waals surface area contributed by atoms with E-state index in [1.165, 1.54) is 11.3 Å². The Bertz CT molecular complexity index is 774. The molecule has 2 aromatic rings. The predicted octanol–water partition coefficient (Wildman–Crippen LogP) is 2.73. The summed E-state index contributed by atoms with van der Waals surface area (Å²) >= 11 is 7.60. The van der Waals surface area contributed by atoms with Crippen molar-refractivity contribution in [2.24, 2.45) is 0 Å². The standard InChI is InChI=1S/C16H16ClN3O2S/c1-9-14(23-10(2)19-9)16(22)20-8-7-18-15(21)13(20)11-5-3-4-6-12(11)17/h3-6,13H,7-8H2,1-2H3,(H,18,21)/t13-/m0/s1. The first kappa shape index (κ1) is 16.0. The van der Waals surface area contributed by atoms with Crippen molar-refractivity contribution < 1.29 is 9.59 Å². The van der Waals surface area contributed by atoms with Crippen LogP contribution in [0.15, 0.2) is 24.3 Å². The van der Waals surface area contributed by atoms with Crippen LogP contribution in [0.25, 0.3) is 0 Å². The molecule has 3 rings (SSSR count). The van der Waals surface area contributed by atoms with Crippen LogP contribution >= 0.6 is 22.9 Å². The third-order valence-corrected chi connectivity index (χ3v) is 5.18. The fraction of sp³-hybridized carbons (Fsp3) is 0.312. The molecule has 5 nitrogen and oxygen atoms in total. The molecule has 7 heteroatoms. The van der Waals surface area contributed by atoms with Crippen molar-refractivity contribution in [1.82, 2.24) is 15.2 Å². The van der Waals surface area contributed by atoms with E-state index in [0.717, 1.165) is 5.01 Å². The van der Waals surface area contributed by atoms with E-state index in [1.54, 1.807) is 23.1 Å². The number of hydrogen-bond donors (Lipinski definition) is 1. The van der Waals surface area contributed by atoms with Crippen molar-refractivity contribution in [1.29, 1.82) is 0 Å². The highest BCUT2D eigenvalue weighted by atomic mass is 35.5. The average molecular weight is 350 g/mol. The largest absolute Gasteiger partial charge is 0.352 e. The monoisotopic (exact) mass is 349 g/mol. The molecule has 0 aliphatic carbocycles. The molecule has 1 aliphatic rings. The zero-order valence-electron chi connectivity index (χ0n) is 12.8. The second kappa shape index (κ2) is 6.29. The molecule has 23 heavy (non-hydrogen) atoms. The SMILES string of the molecule is Cc1nc(C)c(C(=O)N2CCNC(=O)[C@@H]2c2ccccc2Cl)s1. The third-order valence-electron chi connectivity index (χ3n) is 3.77. The predicted molar refractivity (Wildman–Crippen MR) is 89.8 cm³/mol. The molecule has 0 unspecified atom stereocenters. The lowest BCUT2D eigenvalue weighted by Crippen LogP contribution is -2.52. The van der Waals surface area contributed by atoms with Crippen molar-refractivity contribution in [2.45, 2.75) is 19.9 Å². The van der Waals surface area contributed by atoms with E-state index in [2.05, 4.69) is 10.3 Å². The molecule has 0 saturated carbocycles. The molecular formula is C16H16ClN3O2S. The molecule has 1 N–H and O–H groups in total. The van der Waals surface area contributed by atoms with Gasteiger partial charge in [-0.25, -0.2) is 4.98 Å². The Morgan fingerprint density at radius 1 is 1.39 bits per heavy atom. The van der Waals surface area contributed by atoms with Gasteiger partial charge in [0, 0.05) is 23.7 Å². The lowest BCUT2D eigenvalue weighted by atomic mass is 10.0. The molecule has 1 atom stereocenters. The van der Waals surface area contributed by atoms with Crippen molar-refractivity contribution >= 4 is 34.8 Å². The number of nitrogens with one attached hydrogen (secondary N) is 1. The summed E-state index contributed by atoms with van der Waals surface area (Å²) in [5, 5.41) is 4.12. The third kappa shape index (κ3) is 2.96. The van der Waals surface area contributed by atoms with Gasteiger partial charge in [-0.15, -0.1) is 11.3 Å². The molecule has 120 valence electrons. The molecule has 2 heterocycles. The van der Waals surface area contributed by atoms with E-state index in [0.29, 0.717) is 34.2 Å². The summed E-state index contributed by atoms with van der Waals surface area (Å²) < 4.78 is 0. The van der Waals surface area contributed by atoms with Crippen LogP contribution in [0.5, 0.6) is 0 Å². The number of carbonyl (C=O) groups excluding carboxylic acids is 2. The zero-order valence-corrected chi connectivity index (χ0v) is 14.4.